The first-order chi connectivity index (χ1) is 28.3. The van der Waals surface area contributed by atoms with Gasteiger partial charge in [0.1, 0.15) is 17.5 Å². The van der Waals surface area contributed by atoms with Crippen molar-refractivity contribution >= 4 is 41.4 Å². The molecule has 59 heavy (non-hydrogen) atoms. The Hall–Kier alpha value is -6.42. The number of phenols is 2. The molecule has 1 atom stereocenters. The number of likely N-dealkylation sites (tertiary alicyclic amines) is 1. The van der Waals surface area contributed by atoms with E-state index in [0.29, 0.717) is 60.3 Å². The second-order valence-corrected chi connectivity index (χ2v) is 15.5. The van der Waals surface area contributed by atoms with Gasteiger partial charge in [-0.05, 0) is 104 Å². The van der Waals surface area contributed by atoms with E-state index in [1.54, 1.807) is 18.2 Å². The average Bonchev–Trinajstić information content (AvgIpc) is 3.74. The number of nitrogens with zero attached hydrogens (tertiary/aromatic N) is 5. The number of benzene rings is 3. The molecule has 0 bridgehead atoms. The van der Waals surface area contributed by atoms with Gasteiger partial charge in [-0.3, -0.25) is 29.9 Å². The largest absolute Gasteiger partial charge is 0.508 e. The Bertz CT molecular complexity index is 2390. The SMILES string of the molecule is CCCC(C(=O)NC=O)N(C=O)Cc1c(C)cccc1NC(=O)OCC1CCN(Cc2cc3cc(-n4c(-c5cc(C(C)C)c(O)cc5O)n[nH]c4=O)ccc3n2C)CC1. The Morgan fingerprint density at radius 2 is 1.83 bits per heavy atom. The maximum absolute atomic E-state index is 13.1. The van der Waals surface area contributed by atoms with E-state index in [9.17, 15) is 34.2 Å². The lowest BCUT2D eigenvalue weighted by Crippen LogP contribution is -2.45. The third-order valence-electron chi connectivity index (χ3n) is 11.2. The van der Waals surface area contributed by atoms with Gasteiger partial charge in [-0.25, -0.2) is 19.3 Å². The molecule has 1 fully saturated rings. The predicted octanol–water partition coefficient (Wildman–Crippen LogP) is 5.42. The van der Waals surface area contributed by atoms with Crippen molar-refractivity contribution < 1.29 is 34.1 Å². The molecule has 4 amide bonds. The summed E-state index contributed by atoms with van der Waals surface area (Å²) in [5.74, 6) is -0.394. The number of phenolic OH excluding ortho intramolecular Hbond substituents is 2. The summed E-state index contributed by atoms with van der Waals surface area (Å²) >= 11 is 0. The van der Waals surface area contributed by atoms with Crippen LogP contribution in [0.5, 0.6) is 11.5 Å². The van der Waals surface area contributed by atoms with Crippen LogP contribution in [-0.4, -0.2) is 89.9 Å². The first-order valence-corrected chi connectivity index (χ1v) is 19.8. The molecule has 0 saturated carbocycles. The molecule has 2 aromatic heterocycles. The molecule has 5 N–H and O–H groups in total. The second kappa shape index (κ2) is 18.4. The van der Waals surface area contributed by atoms with Gasteiger partial charge >= 0.3 is 11.8 Å². The van der Waals surface area contributed by atoms with Crippen molar-refractivity contribution in [1.29, 1.82) is 0 Å². The van der Waals surface area contributed by atoms with Crippen LogP contribution in [0.4, 0.5) is 10.5 Å². The lowest BCUT2D eigenvalue weighted by Gasteiger charge is -2.31. The van der Waals surface area contributed by atoms with Gasteiger partial charge in [0.05, 0.1) is 17.9 Å². The zero-order valence-electron chi connectivity index (χ0n) is 34.0. The maximum atomic E-state index is 13.1. The van der Waals surface area contributed by atoms with E-state index in [1.807, 2.05) is 59.0 Å². The first kappa shape index (κ1) is 42.2. The molecule has 1 aliphatic rings. The highest BCUT2D eigenvalue weighted by Gasteiger charge is 2.27. The molecular formula is C43H52N8O8. The van der Waals surface area contributed by atoms with Crippen LogP contribution in [0.1, 0.15) is 74.8 Å². The first-order valence-electron chi connectivity index (χ1n) is 19.8. The Kier molecular flexibility index (Phi) is 13.2. The number of aryl methyl sites for hydroxylation is 2. The highest BCUT2D eigenvalue weighted by atomic mass is 16.5. The van der Waals surface area contributed by atoms with Crippen molar-refractivity contribution in [2.24, 2.45) is 13.0 Å². The summed E-state index contributed by atoms with van der Waals surface area (Å²) in [7, 11) is 2.01. The van der Waals surface area contributed by atoms with Crippen molar-refractivity contribution in [3.8, 4) is 28.6 Å². The predicted molar refractivity (Wildman–Crippen MR) is 222 cm³/mol. The van der Waals surface area contributed by atoms with Crippen LogP contribution in [0.15, 0.2) is 59.4 Å². The molecule has 1 aliphatic heterocycles. The molecule has 312 valence electrons. The zero-order valence-corrected chi connectivity index (χ0v) is 34.0. The molecule has 6 rings (SSSR count). The maximum Gasteiger partial charge on any atom is 0.411 e. The Morgan fingerprint density at radius 3 is 2.53 bits per heavy atom. The fourth-order valence-corrected chi connectivity index (χ4v) is 7.83. The number of carbonyl (C=O) groups is 4. The number of fused-ring (bicyclic) bond motifs is 1. The summed E-state index contributed by atoms with van der Waals surface area (Å²) in [6.45, 7) is 10.2. The molecule has 16 nitrogen and oxygen atoms in total. The number of nitrogens with one attached hydrogen (secondary N) is 3. The number of piperidine rings is 1. The smallest absolute Gasteiger partial charge is 0.411 e. The van der Waals surface area contributed by atoms with Gasteiger partial charge in [0, 0.05) is 48.5 Å². The molecule has 3 heterocycles. The minimum Gasteiger partial charge on any atom is -0.508 e. The number of imide groups is 1. The number of aromatic nitrogens is 4. The second-order valence-electron chi connectivity index (χ2n) is 15.5. The quantitative estimate of drug-likeness (QED) is 0.0801. The number of rotatable bonds is 16. The third-order valence-corrected chi connectivity index (χ3v) is 11.2. The summed E-state index contributed by atoms with van der Waals surface area (Å²) in [4.78, 5) is 65.4. The van der Waals surface area contributed by atoms with E-state index in [0.717, 1.165) is 48.1 Å². The monoisotopic (exact) mass is 808 g/mol. The van der Waals surface area contributed by atoms with E-state index < -0.39 is 23.7 Å². The number of aromatic hydroxyl groups is 2. The van der Waals surface area contributed by atoms with Crippen molar-refractivity contribution in [2.45, 2.75) is 78.4 Å². The van der Waals surface area contributed by atoms with Crippen LogP contribution >= 0.6 is 0 Å². The van der Waals surface area contributed by atoms with Gasteiger partial charge < -0.3 is 24.4 Å². The zero-order chi connectivity index (χ0) is 42.4. The van der Waals surface area contributed by atoms with Crippen molar-refractivity contribution in [2.75, 3.05) is 25.0 Å². The van der Waals surface area contributed by atoms with Crippen LogP contribution in [-0.2, 0) is 39.3 Å². The number of hydrogen-bond acceptors (Lipinski definition) is 10. The average molecular weight is 809 g/mol. The summed E-state index contributed by atoms with van der Waals surface area (Å²) < 4.78 is 9.23. The van der Waals surface area contributed by atoms with E-state index in [4.69, 9.17) is 4.74 Å². The van der Waals surface area contributed by atoms with Crippen molar-refractivity contribution in [3.63, 3.8) is 0 Å². The molecule has 3 aromatic carbocycles. The summed E-state index contributed by atoms with van der Waals surface area (Å²) in [5.41, 5.74) is 5.10. The minimum atomic E-state index is -0.844. The Balaban J connectivity index is 1.06. The number of hydrogen-bond donors (Lipinski definition) is 5. The highest BCUT2D eigenvalue weighted by molar-refractivity contribution is 5.91. The van der Waals surface area contributed by atoms with Gasteiger partial charge in [0.15, 0.2) is 5.82 Å². The van der Waals surface area contributed by atoms with Gasteiger partial charge in [-0.2, -0.15) is 5.10 Å². The fourth-order valence-electron chi connectivity index (χ4n) is 7.83. The third kappa shape index (κ3) is 9.33. The van der Waals surface area contributed by atoms with Crippen molar-refractivity contribution in [1.82, 2.24) is 34.4 Å². The molecule has 1 unspecified atom stereocenters. The molecule has 0 spiro atoms. The van der Waals surface area contributed by atoms with Crippen molar-refractivity contribution in [3.05, 3.63) is 87.5 Å². The molecule has 1 saturated heterocycles. The van der Waals surface area contributed by atoms with Crippen LogP contribution in [0.3, 0.4) is 0 Å². The topological polar surface area (TPSA) is 204 Å². The van der Waals surface area contributed by atoms with Gasteiger partial charge in [0.2, 0.25) is 18.7 Å². The minimum absolute atomic E-state index is 0.0220. The van der Waals surface area contributed by atoms with Gasteiger partial charge in [-0.1, -0.05) is 39.3 Å². The molecule has 0 aliphatic carbocycles. The van der Waals surface area contributed by atoms with E-state index in [-0.39, 0.29) is 42.3 Å². The molecular weight excluding hydrogens is 757 g/mol. The van der Waals surface area contributed by atoms with Gasteiger partial charge in [0.25, 0.3) is 0 Å². The van der Waals surface area contributed by atoms with E-state index in [2.05, 4.69) is 36.4 Å². The van der Waals surface area contributed by atoms with Crippen LogP contribution in [0.25, 0.3) is 28.0 Å². The number of amides is 4. The molecule has 0 radical (unpaired) electrons. The number of carbonyl (C=O) groups excluding carboxylic acids is 4. The summed E-state index contributed by atoms with van der Waals surface area (Å²) in [6.07, 6.45) is 2.93. The number of ether oxygens (including phenoxy) is 1. The Labute approximate surface area is 341 Å². The lowest BCUT2D eigenvalue weighted by atomic mass is 9.98. The van der Waals surface area contributed by atoms with Crippen LogP contribution < -0.4 is 16.3 Å². The summed E-state index contributed by atoms with van der Waals surface area (Å²) in [5, 5.41) is 33.8. The van der Waals surface area contributed by atoms with E-state index >= 15 is 0 Å². The van der Waals surface area contributed by atoms with E-state index in [1.165, 1.54) is 15.5 Å². The number of anilines is 1. The number of aromatic amines is 1. The molecule has 16 heteroatoms. The van der Waals surface area contributed by atoms with Crippen LogP contribution in [0, 0.1) is 12.8 Å². The standard InChI is InChI=1S/C43H52N8O8/c1-6-8-37(41(56)44-24-52)50(25-53)22-34-27(4)9-7-10-35(34)45-43(58)59-23-28-13-15-49(16-14-28)21-31-18-29-17-30(11-12-36(29)48(31)5)51-40(46-47-42(51)57)33-19-32(26(2)3)38(54)20-39(33)55/h7,9-12,17-20,24-26,28,37,54-55H,6,8,13-16,21-23H2,1-5H3,(H,45,58)(H,47,57)(H,44,52,56). The highest BCUT2D eigenvalue weighted by Crippen LogP contribution is 2.37. The van der Waals surface area contributed by atoms with Gasteiger partial charge in [-0.15, -0.1) is 0 Å². The Morgan fingerprint density at radius 1 is 1.07 bits per heavy atom. The van der Waals surface area contributed by atoms with Crippen LogP contribution in [0.2, 0.25) is 0 Å². The lowest BCUT2D eigenvalue weighted by molar-refractivity contribution is -0.135. The fraction of sp³-hybridized carbons (Fsp3) is 0.395. The number of H-pyrrole nitrogens is 1. The molecule has 5 aromatic rings. The normalized spacial score (nSPS) is 14.0. The summed E-state index contributed by atoms with van der Waals surface area (Å²) in [6, 6.07) is 15.3.